The normalized spacial score (nSPS) is 16.5. The largest absolute Gasteiger partial charge is 0.369 e. The number of carbonyl (C=O) groups is 1. The van der Waals surface area contributed by atoms with Crippen molar-refractivity contribution in [1.82, 2.24) is 10.2 Å². The van der Waals surface area contributed by atoms with Gasteiger partial charge in [-0.1, -0.05) is 48.0 Å². The molecule has 0 bridgehead atoms. The van der Waals surface area contributed by atoms with E-state index in [1.165, 1.54) is 5.69 Å². The summed E-state index contributed by atoms with van der Waals surface area (Å²) in [5.41, 5.74) is 2.20. The van der Waals surface area contributed by atoms with Crippen molar-refractivity contribution in [3.8, 4) is 0 Å². The molecule has 0 aliphatic carbocycles. The van der Waals surface area contributed by atoms with E-state index in [4.69, 9.17) is 11.6 Å². The topological polar surface area (TPSA) is 35.6 Å². The third kappa shape index (κ3) is 4.74. The van der Waals surface area contributed by atoms with E-state index in [1.807, 2.05) is 37.3 Å². The van der Waals surface area contributed by atoms with E-state index >= 15 is 0 Å². The van der Waals surface area contributed by atoms with Crippen LogP contribution in [0.25, 0.3) is 0 Å². The van der Waals surface area contributed by atoms with Gasteiger partial charge >= 0.3 is 0 Å². The Hall–Kier alpha value is -2.04. The van der Waals surface area contributed by atoms with Crippen LogP contribution in [0.2, 0.25) is 5.02 Å². The summed E-state index contributed by atoms with van der Waals surface area (Å²) < 4.78 is 0. The first-order valence-corrected chi connectivity index (χ1v) is 9.07. The summed E-state index contributed by atoms with van der Waals surface area (Å²) in [6.07, 6.45) is 0. The second-order valence-electron chi connectivity index (χ2n) is 6.41. The van der Waals surface area contributed by atoms with Crippen molar-refractivity contribution in [2.45, 2.75) is 13.0 Å². The highest BCUT2D eigenvalue weighted by Gasteiger charge is 2.20. The Balaban J connectivity index is 1.47. The molecular formula is C20H24ClN3O. The van der Waals surface area contributed by atoms with Gasteiger partial charge in [0.25, 0.3) is 0 Å². The summed E-state index contributed by atoms with van der Waals surface area (Å²) in [7, 11) is 0. The van der Waals surface area contributed by atoms with Crippen LogP contribution in [0.1, 0.15) is 18.5 Å². The summed E-state index contributed by atoms with van der Waals surface area (Å²) in [6.45, 7) is 6.06. The minimum absolute atomic E-state index is 0.0422. The molecule has 1 heterocycles. The van der Waals surface area contributed by atoms with Crippen LogP contribution in [0.3, 0.4) is 0 Å². The molecule has 1 amide bonds. The Kier molecular flexibility index (Phi) is 5.95. The third-order valence-electron chi connectivity index (χ3n) is 4.61. The zero-order chi connectivity index (χ0) is 17.6. The average Bonchev–Trinajstić information content (AvgIpc) is 2.63. The van der Waals surface area contributed by atoms with Crippen molar-refractivity contribution in [2.75, 3.05) is 37.6 Å². The Morgan fingerprint density at radius 1 is 1.04 bits per heavy atom. The number of piperazine rings is 1. The van der Waals surface area contributed by atoms with Gasteiger partial charge in [0, 0.05) is 36.9 Å². The molecule has 5 heteroatoms. The number of rotatable bonds is 5. The number of amides is 1. The van der Waals surface area contributed by atoms with Crippen molar-refractivity contribution in [3.63, 3.8) is 0 Å². The van der Waals surface area contributed by atoms with E-state index in [0.717, 1.165) is 31.7 Å². The summed E-state index contributed by atoms with van der Waals surface area (Å²) in [5, 5.41) is 3.74. The molecule has 1 aliphatic heterocycles. The Bertz CT molecular complexity index is 699. The molecule has 1 atom stereocenters. The molecule has 1 N–H and O–H groups in total. The Morgan fingerprint density at radius 3 is 2.36 bits per heavy atom. The number of carbonyl (C=O) groups excluding carboxylic acids is 1. The monoisotopic (exact) mass is 357 g/mol. The fraction of sp³-hybridized carbons (Fsp3) is 0.350. The van der Waals surface area contributed by atoms with Crippen LogP contribution < -0.4 is 10.2 Å². The van der Waals surface area contributed by atoms with Gasteiger partial charge in [0.15, 0.2) is 0 Å². The molecule has 1 fully saturated rings. The van der Waals surface area contributed by atoms with Crippen LogP contribution in [0, 0.1) is 0 Å². The second kappa shape index (κ2) is 8.37. The molecule has 1 aliphatic rings. The molecule has 1 unspecified atom stereocenters. The van der Waals surface area contributed by atoms with Gasteiger partial charge in [-0.2, -0.15) is 0 Å². The smallest absolute Gasteiger partial charge is 0.234 e. The summed E-state index contributed by atoms with van der Waals surface area (Å²) in [5.74, 6) is 0.0422. The highest BCUT2D eigenvalue weighted by atomic mass is 35.5. The van der Waals surface area contributed by atoms with Crippen molar-refractivity contribution >= 4 is 23.2 Å². The summed E-state index contributed by atoms with van der Waals surface area (Å²) in [6, 6.07) is 18.0. The SMILES string of the molecule is CC(NC(=O)CN1CCN(c2ccccc2)CC1)c1ccccc1Cl. The summed E-state index contributed by atoms with van der Waals surface area (Å²) in [4.78, 5) is 16.9. The van der Waals surface area contributed by atoms with Crippen LogP contribution in [0.4, 0.5) is 5.69 Å². The standard InChI is InChI=1S/C20H24ClN3O/c1-16(18-9-5-6-10-19(18)21)22-20(25)15-23-11-13-24(14-12-23)17-7-3-2-4-8-17/h2-10,16H,11-15H2,1H3,(H,22,25). The van der Waals surface area contributed by atoms with E-state index in [9.17, 15) is 4.79 Å². The maximum atomic E-state index is 12.3. The predicted molar refractivity (Wildman–Crippen MR) is 103 cm³/mol. The lowest BCUT2D eigenvalue weighted by atomic mass is 10.1. The molecule has 4 nitrogen and oxygen atoms in total. The van der Waals surface area contributed by atoms with E-state index in [0.29, 0.717) is 11.6 Å². The molecule has 0 aromatic heterocycles. The number of hydrogen-bond acceptors (Lipinski definition) is 3. The minimum atomic E-state index is -0.0909. The Morgan fingerprint density at radius 2 is 1.68 bits per heavy atom. The molecule has 3 rings (SSSR count). The van der Waals surface area contributed by atoms with Gasteiger partial charge in [-0.3, -0.25) is 9.69 Å². The maximum absolute atomic E-state index is 12.3. The first kappa shape index (κ1) is 17.8. The first-order valence-electron chi connectivity index (χ1n) is 8.69. The molecule has 0 spiro atoms. The van der Waals surface area contributed by atoms with Gasteiger partial charge < -0.3 is 10.2 Å². The van der Waals surface area contributed by atoms with Gasteiger partial charge in [0.1, 0.15) is 0 Å². The van der Waals surface area contributed by atoms with Gasteiger partial charge in [-0.25, -0.2) is 0 Å². The number of halogens is 1. The molecule has 0 saturated carbocycles. The minimum Gasteiger partial charge on any atom is -0.369 e. The van der Waals surface area contributed by atoms with Gasteiger partial charge in [0.05, 0.1) is 12.6 Å². The molecule has 2 aromatic rings. The molecule has 0 radical (unpaired) electrons. The highest BCUT2D eigenvalue weighted by molar-refractivity contribution is 6.31. The zero-order valence-electron chi connectivity index (χ0n) is 14.5. The second-order valence-corrected chi connectivity index (χ2v) is 6.82. The molecule has 132 valence electrons. The lowest BCUT2D eigenvalue weighted by molar-refractivity contribution is -0.123. The van der Waals surface area contributed by atoms with Gasteiger partial charge in [-0.15, -0.1) is 0 Å². The first-order chi connectivity index (χ1) is 12.1. The van der Waals surface area contributed by atoms with Crippen LogP contribution >= 0.6 is 11.6 Å². The quantitative estimate of drug-likeness (QED) is 0.891. The van der Waals surface area contributed by atoms with E-state index < -0.39 is 0 Å². The lowest BCUT2D eigenvalue weighted by Gasteiger charge is -2.35. The van der Waals surface area contributed by atoms with Crippen molar-refractivity contribution in [1.29, 1.82) is 0 Å². The fourth-order valence-corrected chi connectivity index (χ4v) is 3.50. The van der Waals surface area contributed by atoms with Crippen molar-refractivity contribution < 1.29 is 4.79 Å². The van der Waals surface area contributed by atoms with Crippen LogP contribution in [-0.2, 0) is 4.79 Å². The highest BCUT2D eigenvalue weighted by Crippen LogP contribution is 2.22. The van der Waals surface area contributed by atoms with Crippen LogP contribution in [-0.4, -0.2) is 43.5 Å². The Labute approximate surface area is 154 Å². The summed E-state index contributed by atoms with van der Waals surface area (Å²) >= 11 is 6.20. The number of anilines is 1. The van der Waals surface area contributed by atoms with Crippen molar-refractivity contribution in [2.24, 2.45) is 0 Å². The number of hydrogen-bond donors (Lipinski definition) is 1. The van der Waals surface area contributed by atoms with Gasteiger partial charge in [-0.05, 0) is 30.7 Å². The molecule has 25 heavy (non-hydrogen) atoms. The third-order valence-corrected chi connectivity index (χ3v) is 4.95. The predicted octanol–water partition coefficient (Wildman–Crippen LogP) is 3.34. The number of benzene rings is 2. The zero-order valence-corrected chi connectivity index (χ0v) is 15.2. The van der Waals surface area contributed by atoms with Crippen LogP contribution in [0.5, 0.6) is 0 Å². The average molecular weight is 358 g/mol. The molecule has 1 saturated heterocycles. The maximum Gasteiger partial charge on any atom is 0.234 e. The molecule has 2 aromatic carbocycles. The van der Waals surface area contributed by atoms with Crippen molar-refractivity contribution in [3.05, 3.63) is 65.2 Å². The number of nitrogens with zero attached hydrogens (tertiary/aromatic N) is 2. The van der Waals surface area contributed by atoms with E-state index in [-0.39, 0.29) is 11.9 Å². The van der Waals surface area contributed by atoms with Crippen LogP contribution in [0.15, 0.2) is 54.6 Å². The number of nitrogens with one attached hydrogen (secondary N) is 1. The van der Waals surface area contributed by atoms with E-state index in [1.54, 1.807) is 0 Å². The van der Waals surface area contributed by atoms with Gasteiger partial charge in [0.2, 0.25) is 5.91 Å². The lowest BCUT2D eigenvalue weighted by Crippen LogP contribution is -2.49. The fourth-order valence-electron chi connectivity index (χ4n) is 3.20. The number of para-hydroxylation sites is 1. The molecular weight excluding hydrogens is 334 g/mol. The van der Waals surface area contributed by atoms with E-state index in [2.05, 4.69) is 39.4 Å².